The smallest absolute Gasteiger partial charge is 0.128 e. The van der Waals surface area contributed by atoms with Gasteiger partial charge in [-0.1, -0.05) is 23.4 Å². The van der Waals surface area contributed by atoms with Gasteiger partial charge in [0.2, 0.25) is 0 Å². The summed E-state index contributed by atoms with van der Waals surface area (Å²) in [6, 6.07) is 14.8. The Kier molecular flexibility index (Phi) is 5.70. The van der Waals surface area contributed by atoms with Crippen LogP contribution in [0.25, 0.3) is 0 Å². The Labute approximate surface area is 147 Å². The average molecular weight is 335 g/mol. The number of aromatic nitrogens is 1. The quantitative estimate of drug-likeness (QED) is 0.759. The lowest BCUT2D eigenvalue weighted by Gasteiger charge is -2.35. The molecule has 25 heavy (non-hydrogen) atoms. The monoisotopic (exact) mass is 335 g/mol. The molecule has 1 saturated heterocycles. The Morgan fingerprint density at radius 3 is 2.68 bits per heavy atom. The summed E-state index contributed by atoms with van der Waals surface area (Å²) in [7, 11) is 0. The number of piperazine rings is 1. The number of benzene rings is 1. The van der Waals surface area contributed by atoms with E-state index < -0.39 is 6.04 Å². The van der Waals surface area contributed by atoms with Gasteiger partial charge in [-0.3, -0.25) is 4.90 Å². The highest BCUT2D eigenvalue weighted by Gasteiger charge is 2.20. The van der Waals surface area contributed by atoms with Crippen LogP contribution in [0, 0.1) is 16.2 Å². The Hall–Kier alpha value is -2.78. The van der Waals surface area contributed by atoms with Crippen LogP contribution in [0.2, 0.25) is 0 Å². The number of hydrogen-bond acceptors (Lipinski definition) is 6. The molecule has 3 rings (SSSR count). The zero-order valence-electron chi connectivity index (χ0n) is 14.1. The molecular formula is C19H21N5O. The van der Waals surface area contributed by atoms with Crippen LogP contribution in [0.15, 0.2) is 53.8 Å². The van der Waals surface area contributed by atoms with Gasteiger partial charge in [-0.25, -0.2) is 4.98 Å². The van der Waals surface area contributed by atoms with Crippen molar-refractivity contribution >= 4 is 5.82 Å². The van der Waals surface area contributed by atoms with Gasteiger partial charge in [0.1, 0.15) is 11.9 Å². The van der Waals surface area contributed by atoms with Crippen LogP contribution < -0.4 is 4.90 Å². The third-order valence-electron chi connectivity index (χ3n) is 4.59. The van der Waals surface area contributed by atoms with Crippen molar-refractivity contribution in [3.05, 3.63) is 64.7 Å². The summed E-state index contributed by atoms with van der Waals surface area (Å²) in [6.45, 7) is 4.57. The largest absolute Gasteiger partial charge is 0.354 e. The first-order valence-corrected chi connectivity index (χ1v) is 8.51. The summed E-state index contributed by atoms with van der Waals surface area (Å²) in [6.07, 6.45) is 2.49. The third kappa shape index (κ3) is 4.40. The van der Waals surface area contributed by atoms with Gasteiger partial charge >= 0.3 is 0 Å². The Morgan fingerprint density at radius 2 is 2.00 bits per heavy atom. The van der Waals surface area contributed by atoms with Crippen molar-refractivity contribution in [1.82, 2.24) is 9.88 Å². The molecule has 128 valence electrons. The minimum atomic E-state index is -0.401. The predicted octanol–water partition coefficient (Wildman–Crippen LogP) is 2.97. The number of nitroso groups, excluding NO2 is 1. The van der Waals surface area contributed by atoms with Gasteiger partial charge in [0.25, 0.3) is 0 Å². The van der Waals surface area contributed by atoms with E-state index in [1.165, 1.54) is 0 Å². The molecule has 0 spiro atoms. The van der Waals surface area contributed by atoms with E-state index >= 15 is 0 Å². The van der Waals surface area contributed by atoms with Crippen LogP contribution in [0.4, 0.5) is 5.82 Å². The zero-order valence-corrected chi connectivity index (χ0v) is 14.1. The van der Waals surface area contributed by atoms with E-state index in [-0.39, 0.29) is 0 Å². The maximum atomic E-state index is 11.2. The van der Waals surface area contributed by atoms with Gasteiger partial charge in [0.15, 0.2) is 0 Å². The molecule has 6 heteroatoms. The average Bonchev–Trinajstić information content (AvgIpc) is 2.70. The lowest BCUT2D eigenvalue weighted by atomic mass is 10.0. The predicted molar refractivity (Wildman–Crippen MR) is 97.2 cm³/mol. The van der Waals surface area contributed by atoms with E-state index in [1.807, 2.05) is 30.5 Å². The first-order chi connectivity index (χ1) is 12.3. The molecule has 1 atom stereocenters. The molecule has 0 amide bonds. The summed E-state index contributed by atoms with van der Waals surface area (Å²) in [5.41, 5.74) is 1.39. The van der Waals surface area contributed by atoms with Crippen LogP contribution in [-0.4, -0.2) is 42.6 Å². The lowest BCUT2D eigenvalue weighted by Crippen LogP contribution is -2.47. The van der Waals surface area contributed by atoms with Crippen LogP contribution in [0.3, 0.4) is 0 Å². The lowest BCUT2D eigenvalue weighted by molar-refractivity contribution is 0.248. The molecule has 2 aromatic rings. The molecule has 0 radical (unpaired) electrons. The maximum Gasteiger partial charge on any atom is 0.128 e. The van der Waals surface area contributed by atoms with Crippen molar-refractivity contribution in [2.75, 3.05) is 37.6 Å². The SMILES string of the molecule is N#Cc1cccc(C(CCN2CCN(c3ccccn3)CC2)N=O)c1. The molecule has 1 unspecified atom stereocenters. The first-order valence-electron chi connectivity index (χ1n) is 8.51. The minimum absolute atomic E-state index is 0.401. The van der Waals surface area contributed by atoms with Crippen LogP contribution in [0.1, 0.15) is 23.6 Å². The van der Waals surface area contributed by atoms with Crippen molar-refractivity contribution < 1.29 is 0 Å². The molecule has 6 nitrogen and oxygen atoms in total. The highest BCUT2D eigenvalue weighted by molar-refractivity contribution is 5.38. The van der Waals surface area contributed by atoms with Gasteiger partial charge in [0, 0.05) is 38.9 Å². The van der Waals surface area contributed by atoms with Crippen molar-refractivity contribution in [3.63, 3.8) is 0 Å². The van der Waals surface area contributed by atoms with Crippen molar-refractivity contribution in [2.24, 2.45) is 5.18 Å². The van der Waals surface area contributed by atoms with Crippen LogP contribution in [0.5, 0.6) is 0 Å². The van der Waals surface area contributed by atoms with Crippen LogP contribution >= 0.6 is 0 Å². The summed E-state index contributed by atoms with van der Waals surface area (Å²) in [4.78, 5) is 20.3. The number of anilines is 1. The van der Waals surface area contributed by atoms with E-state index in [0.717, 1.165) is 44.1 Å². The molecule has 0 N–H and O–H groups in total. The summed E-state index contributed by atoms with van der Waals surface area (Å²) in [5.74, 6) is 1.02. The van der Waals surface area contributed by atoms with E-state index in [0.29, 0.717) is 12.0 Å². The molecule has 1 fully saturated rings. The fraction of sp³-hybridized carbons (Fsp3) is 0.368. The summed E-state index contributed by atoms with van der Waals surface area (Å²) >= 11 is 0. The molecule has 0 saturated carbocycles. The number of nitriles is 1. The van der Waals surface area contributed by atoms with E-state index in [1.54, 1.807) is 18.2 Å². The second-order valence-electron chi connectivity index (χ2n) is 6.16. The number of nitrogens with zero attached hydrogens (tertiary/aromatic N) is 5. The molecule has 1 aromatic heterocycles. The molecular weight excluding hydrogens is 314 g/mol. The van der Waals surface area contributed by atoms with E-state index in [4.69, 9.17) is 5.26 Å². The van der Waals surface area contributed by atoms with Gasteiger partial charge in [-0.2, -0.15) is 10.2 Å². The molecule has 0 bridgehead atoms. The summed E-state index contributed by atoms with van der Waals surface area (Å²) in [5, 5.41) is 12.3. The fourth-order valence-corrected chi connectivity index (χ4v) is 3.14. The van der Waals surface area contributed by atoms with Crippen molar-refractivity contribution in [2.45, 2.75) is 12.5 Å². The van der Waals surface area contributed by atoms with Crippen molar-refractivity contribution in [1.29, 1.82) is 5.26 Å². The van der Waals surface area contributed by atoms with Crippen molar-refractivity contribution in [3.8, 4) is 6.07 Å². The number of rotatable bonds is 6. The molecule has 1 aliphatic heterocycles. The second-order valence-corrected chi connectivity index (χ2v) is 6.16. The maximum absolute atomic E-state index is 11.2. The molecule has 0 aliphatic carbocycles. The van der Waals surface area contributed by atoms with E-state index in [2.05, 4.69) is 26.0 Å². The normalized spacial score (nSPS) is 16.2. The first kappa shape index (κ1) is 17.1. The Balaban J connectivity index is 1.52. The number of hydrogen-bond donors (Lipinski definition) is 0. The Morgan fingerprint density at radius 1 is 1.16 bits per heavy atom. The standard InChI is InChI=1S/C19H21N5O/c20-15-16-4-3-5-17(14-16)18(22-25)7-9-23-10-12-24(13-11-23)19-6-1-2-8-21-19/h1-6,8,14,18H,7,9-13H2. The fourth-order valence-electron chi connectivity index (χ4n) is 3.14. The highest BCUT2D eigenvalue weighted by Crippen LogP contribution is 2.23. The van der Waals surface area contributed by atoms with Gasteiger partial charge in [0.05, 0.1) is 11.6 Å². The van der Waals surface area contributed by atoms with Gasteiger partial charge in [-0.15, -0.1) is 0 Å². The molecule has 1 aromatic carbocycles. The van der Waals surface area contributed by atoms with E-state index in [9.17, 15) is 4.91 Å². The highest BCUT2D eigenvalue weighted by atomic mass is 16.3. The topological polar surface area (TPSA) is 72.6 Å². The van der Waals surface area contributed by atoms with Gasteiger partial charge < -0.3 is 4.90 Å². The molecule has 2 heterocycles. The zero-order chi connectivity index (χ0) is 17.5. The minimum Gasteiger partial charge on any atom is -0.354 e. The third-order valence-corrected chi connectivity index (χ3v) is 4.59. The summed E-state index contributed by atoms with van der Waals surface area (Å²) < 4.78 is 0. The van der Waals surface area contributed by atoms with Gasteiger partial charge in [-0.05, 0) is 36.2 Å². The Bertz CT molecular complexity index is 735. The second kappa shape index (κ2) is 8.36. The van der Waals surface area contributed by atoms with Crippen LogP contribution in [-0.2, 0) is 0 Å². The number of pyridine rings is 1. The molecule has 1 aliphatic rings.